The summed E-state index contributed by atoms with van der Waals surface area (Å²) in [5.41, 5.74) is 0. The minimum atomic E-state index is -2.76. The molecular weight excluding hydrogens is 264 g/mol. The lowest BCUT2D eigenvalue weighted by molar-refractivity contribution is 0.0115. The fourth-order valence-corrected chi connectivity index (χ4v) is 4.44. The summed E-state index contributed by atoms with van der Waals surface area (Å²) in [4.78, 5) is 2.34. The zero-order valence-electron chi connectivity index (χ0n) is 11.8. The molecule has 112 valence electrons. The topological polar surface area (TPSA) is 58.6 Å². The maximum atomic E-state index is 11.3. The van der Waals surface area contributed by atoms with Gasteiger partial charge in [-0.2, -0.15) is 0 Å². The molecule has 0 aromatic rings. The van der Waals surface area contributed by atoms with E-state index in [1.165, 1.54) is 0 Å². The monoisotopic (exact) mass is 290 g/mol. The zero-order valence-corrected chi connectivity index (χ0v) is 12.6. The first-order chi connectivity index (χ1) is 9.05. The van der Waals surface area contributed by atoms with Crippen LogP contribution in [0, 0.1) is 0 Å². The van der Waals surface area contributed by atoms with E-state index in [-0.39, 0.29) is 6.04 Å². The third kappa shape index (κ3) is 5.38. The third-order valence-corrected chi connectivity index (χ3v) is 5.77. The van der Waals surface area contributed by atoms with Crippen molar-refractivity contribution in [2.45, 2.75) is 37.8 Å². The van der Waals surface area contributed by atoms with Gasteiger partial charge in [0.25, 0.3) is 0 Å². The van der Waals surface area contributed by atoms with Crippen LogP contribution in [0.15, 0.2) is 0 Å². The molecule has 0 aliphatic carbocycles. The number of likely N-dealkylation sites (tertiary alicyclic amines) is 1. The molecule has 2 saturated heterocycles. The average molecular weight is 290 g/mol. The van der Waals surface area contributed by atoms with Crippen LogP contribution >= 0.6 is 0 Å². The number of sulfone groups is 1. The summed E-state index contributed by atoms with van der Waals surface area (Å²) >= 11 is 0. The molecule has 2 heterocycles. The van der Waals surface area contributed by atoms with Crippen molar-refractivity contribution in [3.05, 3.63) is 0 Å². The van der Waals surface area contributed by atoms with Gasteiger partial charge in [-0.3, -0.25) is 0 Å². The number of piperidine rings is 1. The summed E-state index contributed by atoms with van der Waals surface area (Å²) < 4.78 is 28.4. The Bertz CT molecular complexity index is 364. The highest BCUT2D eigenvalue weighted by Gasteiger charge is 2.27. The molecule has 1 N–H and O–H groups in total. The van der Waals surface area contributed by atoms with E-state index >= 15 is 0 Å². The number of hydrogen-bond donors (Lipinski definition) is 1. The van der Waals surface area contributed by atoms with Gasteiger partial charge >= 0.3 is 0 Å². The molecule has 5 nitrogen and oxygen atoms in total. The van der Waals surface area contributed by atoms with E-state index < -0.39 is 9.84 Å². The SMILES string of the molecule is CN1CCC(OCCCN[C@@H]2CCS(=O)(=O)C2)CC1. The Balaban J connectivity index is 1.49. The lowest BCUT2D eigenvalue weighted by Crippen LogP contribution is -2.35. The van der Waals surface area contributed by atoms with Crippen molar-refractivity contribution >= 4 is 9.84 Å². The van der Waals surface area contributed by atoms with Gasteiger partial charge in [-0.05, 0) is 39.3 Å². The number of rotatable bonds is 6. The van der Waals surface area contributed by atoms with Gasteiger partial charge in [0.2, 0.25) is 0 Å². The molecule has 19 heavy (non-hydrogen) atoms. The largest absolute Gasteiger partial charge is 0.378 e. The Morgan fingerprint density at radius 1 is 1.26 bits per heavy atom. The van der Waals surface area contributed by atoms with E-state index in [0.717, 1.165) is 51.9 Å². The molecular formula is C13H26N2O3S. The predicted octanol–water partition coefficient (Wildman–Crippen LogP) is 0.264. The highest BCUT2D eigenvalue weighted by atomic mass is 32.2. The molecule has 2 rings (SSSR count). The van der Waals surface area contributed by atoms with E-state index in [0.29, 0.717) is 17.6 Å². The summed E-state index contributed by atoms with van der Waals surface area (Å²) in [6.07, 6.45) is 4.40. The van der Waals surface area contributed by atoms with Crippen LogP contribution in [0.1, 0.15) is 25.7 Å². The van der Waals surface area contributed by atoms with Gasteiger partial charge in [-0.15, -0.1) is 0 Å². The molecule has 0 saturated carbocycles. The van der Waals surface area contributed by atoms with Crippen LogP contribution in [0.2, 0.25) is 0 Å². The normalized spacial score (nSPS) is 28.8. The van der Waals surface area contributed by atoms with Gasteiger partial charge in [0.1, 0.15) is 0 Å². The molecule has 2 aliphatic rings. The lowest BCUT2D eigenvalue weighted by atomic mass is 10.1. The predicted molar refractivity (Wildman–Crippen MR) is 76.1 cm³/mol. The Morgan fingerprint density at radius 2 is 2.00 bits per heavy atom. The van der Waals surface area contributed by atoms with Crippen LogP contribution in [-0.4, -0.2) is 70.3 Å². The molecule has 6 heteroatoms. The van der Waals surface area contributed by atoms with Gasteiger partial charge in [-0.1, -0.05) is 0 Å². The molecule has 2 fully saturated rings. The van der Waals surface area contributed by atoms with Crippen molar-refractivity contribution in [3.63, 3.8) is 0 Å². The summed E-state index contributed by atoms with van der Waals surface area (Å²) in [5, 5.41) is 3.31. The highest BCUT2D eigenvalue weighted by Crippen LogP contribution is 2.13. The third-order valence-electron chi connectivity index (χ3n) is 4.01. The van der Waals surface area contributed by atoms with Crippen LogP contribution in [0.25, 0.3) is 0 Å². The lowest BCUT2D eigenvalue weighted by Gasteiger charge is -2.28. The van der Waals surface area contributed by atoms with Crippen molar-refractivity contribution in [2.75, 3.05) is 44.8 Å². The number of nitrogens with one attached hydrogen (secondary N) is 1. The van der Waals surface area contributed by atoms with E-state index in [1.807, 2.05) is 0 Å². The van der Waals surface area contributed by atoms with Crippen molar-refractivity contribution < 1.29 is 13.2 Å². The van der Waals surface area contributed by atoms with Crippen molar-refractivity contribution in [3.8, 4) is 0 Å². The van der Waals surface area contributed by atoms with Gasteiger partial charge in [-0.25, -0.2) is 8.42 Å². The molecule has 0 bridgehead atoms. The number of hydrogen-bond acceptors (Lipinski definition) is 5. The van der Waals surface area contributed by atoms with Crippen molar-refractivity contribution in [1.29, 1.82) is 0 Å². The fourth-order valence-electron chi connectivity index (χ4n) is 2.74. The molecule has 2 aliphatic heterocycles. The molecule has 0 amide bonds. The van der Waals surface area contributed by atoms with Gasteiger partial charge in [0, 0.05) is 25.7 Å². The van der Waals surface area contributed by atoms with Gasteiger partial charge < -0.3 is 15.0 Å². The standard InChI is InChI=1S/C13H26N2O3S/c1-15-7-3-13(4-8-15)18-9-2-6-14-12-5-10-19(16,17)11-12/h12-14H,2-11H2,1H3/t12-/m1/s1. The second kappa shape index (κ2) is 7.02. The quantitative estimate of drug-likeness (QED) is 0.711. The Kier molecular flexibility index (Phi) is 5.62. The van der Waals surface area contributed by atoms with Gasteiger partial charge in [0.05, 0.1) is 17.6 Å². The Morgan fingerprint density at radius 3 is 2.63 bits per heavy atom. The molecule has 0 aromatic carbocycles. The average Bonchev–Trinajstić information content (AvgIpc) is 2.71. The number of ether oxygens (including phenoxy) is 1. The summed E-state index contributed by atoms with van der Waals surface area (Å²) in [7, 11) is -0.610. The maximum Gasteiger partial charge on any atom is 0.151 e. The smallest absolute Gasteiger partial charge is 0.151 e. The summed E-state index contributed by atoms with van der Waals surface area (Å²) in [6, 6.07) is 0.160. The van der Waals surface area contributed by atoms with E-state index in [1.54, 1.807) is 0 Å². The van der Waals surface area contributed by atoms with E-state index in [4.69, 9.17) is 4.74 Å². The molecule has 0 spiro atoms. The summed E-state index contributed by atoms with van der Waals surface area (Å²) in [5.74, 6) is 0.652. The summed E-state index contributed by atoms with van der Waals surface area (Å²) in [6.45, 7) is 3.89. The van der Waals surface area contributed by atoms with Crippen molar-refractivity contribution in [2.24, 2.45) is 0 Å². The maximum absolute atomic E-state index is 11.3. The first kappa shape index (κ1) is 15.2. The Labute approximate surface area is 116 Å². The molecule has 0 unspecified atom stereocenters. The zero-order chi connectivity index (χ0) is 13.7. The number of nitrogens with zero attached hydrogens (tertiary/aromatic N) is 1. The fraction of sp³-hybridized carbons (Fsp3) is 1.00. The first-order valence-corrected chi connectivity index (χ1v) is 9.11. The van der Waals surface area contributed by atoms with Crippen LogP contribution in [0.3, 0.4) is 0 Å². The van der Waals surface area contributed by atoms with Gasteiger partial charge in [0.15, 0.2) is 9.84 Å². The molecule has 0 radical (unpaired) electrons. The van der Waals surface area contributed by atoms with Crippen molar-refractivity contribution in [1.82, 2.24) is 10.2 Å². The van der Waals surface area contributed by atoms with Crippen LogP contribution in [0.5, 0.6) is 0 Å². The van der Waals surface area contributed by atoms with E-state index in [2.05, 4.69) is 17.3 Å². The van der Waals surface area contributed by atoms with Crippen LogP contribution < -0.4 is 5.32 Å². The molecule has 0 aromatic heterocycles. The molecule has 1 atom stereocenters. The first-order valence-electron chi connectivity index (χ1n) is 7.29. The van der Waals surface area contributed by atoms with E-state index in [9.17, 15) is 8.42 Å². The second-order valence-electron chi connectivity index (χ2n) is 5.78. The van der Waals surface area contributed by atoms with Crippen LogP contribution in [0.4, 0.5) is 0 Å². The minimum Gasteiger partial charge on any atom is -0.378 e. The minimum absolute atomic E-state index is 0.160. The van der Waals surface area contributed by atoms with Crippen LogP contribution in [-0.2, 0) is 14.6 Å². The highest BCUT2D eigenvalue weighted by molar-refractivity contribution is 7.91. The second-order valence-corrected chi connectivity index (χ2v) is 8.01. The Hall–Kier alpha value is -0.170.